The lowest BCUT2D eigenvalue weighted by Crippen LogP contribution is -2.29. The number of hydrogen-bond donors (Lipinski definition) is 3. The van der Waals surface area contributed by atoms with E-state index in [1.54, 1.807) is 12.1 Å². The first-order valence-electron chi connectivity index (χ1n) is 10.6. The van der Waals surface area contributed by atoms with Gasteiger partial charge in [-0.2, -0.15) is 0 Å². The van der Waals surface area contributed by atoms with Gasteiger partial charge in [-0.3, -0.25) is 4.79 Å². The van der Waals surface area contributed by atoms with Gasteiger partial charge < -0.3 is 25.6 Å². The van der Waals surface area contributed by atoms with E-state index in [1.807, 2.05) is 37.3 Å². The summed E-state index contributed by atoms with van der Waals surface area (Å²) in [5.74, 6) is 0.536. The molecule has 2 fully saturated rings. The van der Waals surface area contributed by atoms with Gasteiger partial charge in [0, 0.05) is 30.5 Å². The van der Waals surface area contributed by atoms with Crippen molar-refractivity contribution in [3.8, 4) is 5.75 Å². The van der Waals surface area contributed by atoms with Gasteiger partial charge in [-0.15, -0.1) is 0 Å². The molecule has 7 heteroatoms. The van der Waals surface area contributed by atoms with Crippen molar-refractivity contribution in [3.63, 3.8) is 0 Å². The summed E-state index contributed by atoms with van der Waals surface area (Å²) in [6.45, 7) is 4.31. The Labute approximate surface area is 176 Å². The number of rotatable bonds is 7. The Morgan fingerprint density at radius 1 is 1.07 bits per heavy atom. The molecule has 4 rings (SSSR count). The lowest BCUT2D eigenvalue weighted by Gasteiger charge is -2.22. The van der Waals surface area contributed by atoms with Gasteiger partial charge in [-0.1, -0.05) is 12.1 Å². The number of carbonyl (C=O) groups excluding carboxylic acids is 2. The maximum absolute atomic E-state index is 12.8. The van der Waals surface area contributed by atoms with Gasteiger partial charge in [0.15, 0.2) is 0 Å². The molecule has 0 bridgehead atoms. The molecule has 0 atom stereocenters. The van der Waals surface area contributed by atoms with Crippen molar-refractivity contribution in [2.75, 3.05) is 35.2 Å². The van der Waals surface area contributed by atoms with E-state index >= 15 is 0 Å². The van der Waals surface area contributed by atoms with Crippen LogP contribution in [0.15, 0.2) is 42.5 Å². The molecule has 0 unspecified atom stereocenters. The van der Waals surface area contributed by atoms with Gasteiger partial charge in [0.25, 0.3) is 5.91 Å². The van der Waals surface area contributed by atoms with Crippen LogP contribution in [0.2, 0.25) is 0 Å². The Morgan fingerprint density at radius 2 is 1.83 bits per heavy atom. The van der Waals surface area contributed by atoms with Crippen LogP contribution in [0, 0.1) is 0 Å². The Bertz CT molecular complexity index is 920. The largest absolute Gasteiger partial charge is 0.492 e. The minimum absolute atomic E-state index is 0.0786. The maximum atomic E-state index is 12.8. The number of urea groups is 1. The summed E-state index contributed by atoms with van der Waals surface area (Å²) >= 11 is 0. The quantitative estimate of drug-likeness (QED) is 0.641. The molecule has 0 radical (unpaired) electrons. The Kier molecular flexibility index (Phi) is 6.07. The van der Waals surface area contributed by atoms with Crippen LogP contribution in [-0.2, 0) is 0 Å². The van der Waals surface area contributed by atoms with E-state index in [0.29, 0.717) is 29.3 Å². The van der Waals surface area contributed by atoms with Crippen LogP contribution in [0.25, 0.3) is 0 Å². The second kappa shape index (κ2) is 9.07. The van der Waals surface area contributed by atoms with Crippen LogP contribution in [-0.4, -0.2) is 37.7 Å². The smallest absolute Gasteiger partial charge is 0.323 e. The van der Waals surface area contributed by atoms with Crippen LogP contribution in [0.5, 0.6) is 5.75 Å². The first-order chi connectivity index (χ1) is 14.6. The number of nitrogens with one attached hydrogen (secondary N) is 3. The van der Waals surface area contributed by atoms with Crippen LogP contribution in [0.4, 0.5) is 21.9 Å². The van der Waals surface area contributed by atoms with Gasteiger partial charge in [0.2, 0.25) is 0 Å². The average Bonchev–Trinajstić information content (AvgIpc) is 3.38. The molecule has 1 aliphatic carbocycles. The summed E-state index contributed by atoms with van der Waals surface area (Å²) in [6.07, 6.45) is 4.32. The molecule has 2 aromatic rings. The van der Waals surface area contributed by atoms with Gasteiger partial charge in [-0.05, 0) is 62.9 Å². The minimum Gasteiger partial charge on any atom is -0.492 e. The van der Waals surface area contributed by atoms with Gasteiger partial charge in [-0.25, -0.2) is 4.79 Å². The van der Waals surface area contributed by atoms with Crippen molar-refractivity contribution < 1.29 is 14.3 Å². The molecule has 0 spiro atoms. The lowest BCUT2D eigenvalue weighted by molar-refractivity contribution is 0.0951. The molecule has 7 nitrogen and oxygen atoms in total. The molecule has 2 aromatic carbocycles. The monoisotopic (exact) mass is 408 g/mol. The molecule has 0 aromatic heterocycles. The molecule has 2 aliphatic rings. The van der Waals surface area contributed by atoms with Crippen LogP contribution in [0.3, 0.4) is 0 Å². The van der Waals surface area contributed by atoms with Crippen molar-refractivity contribution in [2.45, 2.75) is 38.6 Å². The predicted molar refractivity (Wildman–Crippen MR) is 119 cm³/mol. The molecule has 3 amide bonds. The first-order valence-corrected chi connectivity index (χ1v) is 10.6. The van der Waals surface area contributed by atoms with Crippen molar-refractivity contribution in [1.29, 1.82) is 0 Å². The molecule has 30 heavy (non-hydrogen) atoms. The molecule has 1 saturated heterocycles. The average molecular weight is 409 g/mol. The second-order valence-corrected chi connectivity index (χ2v) is 7.68. The Balaban J connectivity index is 1.50. The molecule has 158 valence electrons. The van der Waals surface area contributed by atoms with E-state index in [2.05, 4.69) is 20.9 Å². The molecule has 3 N–H and O–H groups in total. The maximum Gasteiger partial charge on any atom is 0.323 e. The van der Waals surface area contributed by atoms with Crippen LogP contribution in [0.1, 0.15) is 43.0 Å². The molecular formula is C23H28N4O3. The highest BCUT2D eigenvalue weighted by Crippen LogP contribution is 2.29. The zero-order valence-corrected chi connectivity index (χ0v) is 17.2. The fraction of sp³-hybridized carbons (Fsp3) is 0.391. The Hall–Kier alpha value is -3.22. The summed E-state index contributed by atoms with van der Waals surface area (Å²) in [4.78, 5) is 27.6. The zero-order valence-electron chi connectivity index (χ0n) is 17.2. The molecule has 1 saturated carbocycles. The molecule has 1 heterocycles. The van der Waals surface area contributed by atoms with Gasteiger partial charge >= 0.3 is 6.03 Å². The SMILES string of the molecule is CCOc1ccccc1NC(=O)Nc1ccc(N2CCCC2)c(C(=O)NC2CC2)c1. The minimum atomic E-state index is -0.385. The number of anilines is 3. The normalized spacial score (nSPS) is 15.6. The Morgan fingerprint density at radius 3 is 2.57 bits per heavy atom. The summed E-state index contributed by atoms with van der Waals surface area (Å²) in [7, 11) is 0. The fourth-order valence-electron chi connectivity index (χ4n) is 3.66. The second-order valence-electron chi connectivity index (χ2n) is 7.68. The number of benzene rings is 2. The number of carbonyl (C=O) groups is 2. The van der Waals surface area contributed by atoms with Gasteiger partial charge in [0.1, 0.15) is 5.75 Å². The van der Waals surface area contributed by atoms with Crippen molar-refractivity contribution >= 4 is 29.0 Å². The van der Waals surface area contributed by atoms with Crippen molar-refractivity contribution in [2.24, 2.45) is 0 Å². The fourth-order valence-corrected chi connectivity index (χ4v) is 3.66. The van der Waals surface area contributed by atoms with Crippen LogP contribution < -0.4 is 25.6 Å². The van der Waals surface area contributed by atoms with E-state index < -0.39 is 0 Å². The number of ether oxygens (including phenoxy) is 1. The summed E-state index contributed by atoms with van der Waals surface area (Å²) in [6, 6.07) is 12.7. The van der Waals surface area contributed by atoms with Gasteiger partial charge in [0.05, 0.1) is 17.9 Å². The summed E-state index contributed by atoms with van der Waals surface area (Å²) in [5.41, 5.74) is 2.71. The first kappa shape index (κ1) is 20.1. The topological polar surface area (TPSA) is 82.7 Å². The lowest BCUT2D eigenvalue weighted by atomic mass is 10.1. The summed E-state index contributed by atoms with van der Waals surface area (Å²) in [5, 5.41) is 8.72. The van der Waals surface area contributed by atoms with E-state index in [1.165, 1.54) is 0 Å². The summed E-state index contributed by atoms with van der Waals surface area (Å²) < 4.78 is 5.55. The van der Waals surface area contributed by atoms with Crippen molar-refractivity contribution in [3.05, 3.63) is 48.0 Å². The highest BCUT2D eigenvalue weighted by Gasteiger charge is 2.27. The van der Waals surface area contributed by atoms with Crippen LogP contribution >= 0.6 is 0 Å². The standard InChI is InChI=1S/C23H28N4O3/c1-2-30-21-8-4-3-7-19(21)26-23(29)25-17-11-12-20(27-13-5-6-14-27)18(15-17)22(28)24-16-9-10-16/h3-4,7-8,11-12,15-16H,2,5-6,9-10,13-14H2,1H3,(H,24,28)(H2,25,26,29). The van der Waals surface area contributed by atoms with Crippen molar-refractivity contribution in [1.82, 2.24) is 5.32 Å². The molecular weight excluding hydrogens is 380 g/mol. The third kappa shape index (κ3) is 4.84. The predicted octanol–water partition coefficient (Wildman–Crippen LogP) is 4.22. The van der Waals surface area contributed by atoms with E-state index in [0.717, 1.165) is 44.5 Å². The van der Waals surface area contributed by atoms with E-state index in [4.69, 9.17) is 4.74 Å². The number of hydrogen-bond acceptors (Lipinski definition) is 4. The third-order valence-electron chi connectivity index (χ3n) is 5.29. The number of amides is 3. The van der Waals surface area contributed by atoms with E-state index in [-0.39, 0.29) is 18.0 Å². The zero-order chi connectivity index (χ0) is 20.9. The highest BCUT2D eigenvalue weighted by molar-refractivity contribution is 6.04. The third-order valence-corrected chi connectivity index (χ3v) is 5.29. The highest BCUT2D eigenvalue weighted by atomic mass is 16.5. The number of para-hydroxylation sites is 2. The van der Waals surface area contributed by atoms with E-state index in [9.17, 15) is 9.59 Å². The number of nitrogens with zero attached hydrogens (tertiary/aromatic N) is 1. The molecule has 1 aliphatic heterocycles.